The summed E-state index contributed by atoms with van der Waals surface area (Å²) in [7, 11) is 4.47. The van der Waals surface area contributed by atoms with E-state index in [2.05, 4.69) is 10.6 Å². The molecule has 2 atom stereocenters. The van der Waals surface area contributed by atoms with Crippen LogP contribution in [0.3, 0.4) is 0 Å². The van der Waals surface area contributed by atoms with Crippen LogP contribution in [0.4, 0.5) is 4.79 Å². The van der Waals surface area contributed by atoms with Gasteiger partial charge < -0.3 is 24.8 Å². The van der Waals surface area contributed by atoms with E-state index in [1.165, 1.54) is 7.11 Å². The lowest BCUT2D eigenvalue weighted by Crippen LogP contribution is -2.49. The zero-order valence-corrected chi connectivity index (χ0v) is 15.5. The molecule has 1 aromatic carbocycles. The van der Waals surface area contributed by atoms with Gasteiger partial charge in [-0.1, -0.05) is 26.3 Å². The molecular weight excluding hydrogens is 324 g/mol. The summed E-state index contributed by atoms with van der Waals surface area (Å²) in [5.74, 6) is 0.854. The van der Waals surface area contributed by atoms with E-state index >= 15 is 0 Å². The van der Waals surface area contributed by atoms with E-state index in [0.717, 1.165) is 12.0 Å². The van der Waals surface area contributed by atoms with Gasteiger partial charge in [-0.3, -0.25) is 0 Å². The molecule has 140 valence electrons. The highest BCUT2D eigenvalue weighted by atomic mass is 16.5. The van der Waals surface area contributed by atoms with E-state index in [0.29, 0.717) is 24.5 Å². The van der Waals surface area contributed by atoms with E-state index in [9.17, 15) is 9.59 Å². The summed E-state index contributed by atoms with van der Waals surface area (Å²) in [4.78, 5) is 23.8. The van der Waals surface area contributed by atoms with Crippen LogP contribution in [-0.2, 0) is 16.0 Å². The molecule has 25 heavy (non-hydrogen) atoms. The van der Waals surface area contributed by atoms with Crippen molar-refractivity contribution in [1.82, 2.24) is 10.6 Å². The Morgan fingerprint density at radius 3 is 2.36 bits per heavy atom. The third kappa shape index (κ3) is 6.17. The van der Waals surface area contributed by atoms with Gasteiger partial charge in [0.15, 0.2) is 11.5 Å². The van der Waals surface area contributed by atoms with Crippen LogP contribution in [0.2, 0.25) is 0 Å². The first-order valence-electron chi connectivity index (χ1n) is 8.29. The van der Waals surface area contributed by atoms with E-state index in [1.54, 1.807) is 14.2 Å². The van der Waals surface area contributed by atoms with Crippen molar-refractivity contribution in [2.45, 2.75) is 32.7 Å². The number of methoxy groups -OCH3 is 3. The van der Waals surface area contributed by atoms with Gasteiger partial charge in [-0.05, 0) is 30.0 Å². The molecule has 0 aliphatic heterocycles. The molecule has 0 heterocycles. The molecule has 0 aliphatic rings. The van der Waals surface area contributed by atoms with Gasteiger partial charge in [-0.25, -0.2) is 9.59 Å². The molecule has 2 N–H and O–H groups in total. The quantitative estimate of drug-likeness (QED) is 0.665. The maximum absolute atomic E-state index is 12.0. The third-order valence-corrected chi connectivity index (χ3v) is 4.10. The summed E-state index contributed by atoms with van der Waals surface area (Å²) >= 11 is 0. The van der Waals surface area contributed by atoms with Crippen LogP contribution in [0.15, 0.2) is 18.2 Å². The standard InChI is InChI=1S/C18H28N2O5/c1-6-12(2)16(17(21)25-5)20-18(22)19-10-9-13-7-8-14(23-3)15(11-13)24-4/h7-8,11-12,16H,6,9-10H2,1-5H3,(H2,19,20,22)/t12?,16-/m1/s1. The van der Waals surface area contributed by atoms with Crippen LogP contribution >= 0.6 is 0 Å². The zero-order chi connectivity index (χ0) is 18.8. The highest BCUT2D eigenvalue weighted by Crippen LogP contribution is 2.27. The molecule has 1 aromatic rings. The summed E-state index contributed by atoms with van der Waals surface area (Å²) in [5, 5.41) is 5.43. The van der Waals surface area contributed by atoms with Crippen molar-refractivity contribution in [2.24, 2.45) is 5.92 Å². The fourth-order valence-corrected chi connectivity index (χ4v) is 2.34. The van der Waals surface area contributed by atoms with Gasteiger partial charge in [0.25, 0.3) is 0 Å². The Hall–Kier alpha value is -2.44. The van der Waals surface area contributed by atoms with E-state index < -0.39 is 18.0 Å². The molecule has 0 bridgehead atoms. The van der Waals surface area contributed by atoms with Crippen molar-refractivity contribution in [3.63, 3.8) is 0 Å². The monoisotopic (exact) mass is 352 g/mol. The molecule has 0 spiro atoms. The number of nitrogens with one attached hydrogen (secondary N) is 2. The summed E-state index contributed by atoms with van der Waals surface area (Å²) in [6.45, 7) is 4.28. The number of hydrogen-bond acceptors (Lipinski definition) is 5. The predicted octanol–water partition coefficient (Wildman–Crippen LogP) is 2.13. The molecular formula is C18H28N2O5. The van der Waals surface area contributed by atoms with Gasteiger partial charge in [0.1, 0.15) is 6.04 Å². The highest BCUT2D eigenvalue weighted by Gasteiger charge is 2.26. The zero-order valence-electron chi connectivity index (χ0n) is 15.5. The number of esters is 1. The first kappa shape index (κ1) is 20.6. The number of urea groups is 1. The van der Waals surface area contributed by atoms with E-state index in [4.69, 9.17) is 14.2 Å². The second-order valence-corrected chi connectivity index (χ2v) is 5.73. The highest BCUT2D eigenvalue weighted by molar-refractivity contribution is 5.83. The largest absolute Gasteiger partial charge is 0.493 e. The second-order valence-electron chi connectivity index (χ2n) is 5.73. The van der Waals surface area contributed by atoms with Crippen LogP contribution in [-0.4, -0.2) is 45.9 Å². The van der Waals surface area contributed by atoms with Crippen molar-refractivity contribution in [2.75, 3.05) is 27.9 Å². The summed E-state index contributed by atoms with van der Waals surface area (Å²) < 4.78 is 15.2. The number of rotatable bonds is 9. The van der Waals surface area contributed by atoms with Gasteiger partial charge in [0.05, 0.1) is 21.3 Å². The second kappa shape index (κ2) is 10.4. The van der Waals surface area contributed by atoms with Crippen LogP contribution in [0.1, 0.15) is 25.8 Å². The summed E-state index contributed by atoms with van der Waals surface area (Å²) in [6.07, 6.45) is 1.38. The van der Waals surface area contributed by atoms with Crippen LogP contribution in [0, 0.1) is 5.92 Å². The Kier molecular flexibility index (Phi) is 8.60. The average molecular weight is 352 g/mol. The van der Waals surface area contributed by atoms with E-state index in [1.807, 2.05) is 32.0 Å². The number of amides is 2. The molecule has 2 amide bonds. The van der Waals surface area contributed by atoms with Gasteiger partial charge >= 0.3 is 12.0 Å². The lowest BCUT2D eigenvalue weighted by atomic mass is 9.99. The maximum Gasteiger partial charge on any atom is 0.328 e. The molecule has 1 rings (SSSR count). The Morgan fingerprint density at radius 2 is 1.80 bits per heavy atom. The fraction of sp³-hybridized carbons (Fsp3) is 0.556. The fourth-order valence-electron chi connectivity index (χ4n) is 2.34. The molecule has 0 aliphatic carbocycles. The minimum absolute atomic E-state index is 0.0101. The summed E-state index contributed by atoms with van der Waals surface area (Å²) in [6, 6.07) is 4.56. The maximum atomic E-state index is 12.0. The minimum Gasteiger partial charge on any atom is -0.493 e. The molecule has 0 aromatic heterocycles. The molecule has 0 saturated carbocycles. The normalized spacial score (nSPS) is 12.7. The predicted molar refractivity (Wildman–Crippen MR) is 95.0 cm³/mol. The third-order valence-electron chi connectivity index (χ3n) is 4.10. The van der Waals surface area contributed by atoms with Crippen LogP contribution < -0.4 is 20.1 Å². The number of carbonyl (C=O) groups excluding carboxylic acids is 2. The summed E-state index contributed by atoms with van der Waals surface area (Å²) in [5.41, 5.74) is 1.00. The number of carbonyl (C=O) groups is 2. The molecule has 0 radical (unpaired) electrons. The first-order chi connectivity index (χ1) is 12.0. The van der Waals surface area contributed by atoms with Crippen LogP contribution in [0.5, 0.6) is 11.5 Å². The molecule has 7 heteroatoms. The molecule has 1 unspecified atom stereocenters. The number of ether oxygens (including phenoxy) is 3. The lowest BCUT2D eigenvalue weighted by Gasteiger charge is -2.22. The van der Waals surface area contributed by atoms with Crippen molar-refractivity contribution in [1.29, 1.82) is 0 Å². The van der Waals surface area contributed by atoms with Crippen molar-refractivity contribution in [3.8, 4) is 11.5 Å². The van der Waals surface area contributed by atoms with Crippen LogP contribution in [0.25, 0.3) is 0 Å². The molecule has 0 saturated heterocycles. The Morgan fingerprint density at radius 1 is 1.12 bits per heavy atom. The van der Waals surface area contributed by atoms with Crippen molar-refractivity contribution >= 4 is 12.0 Å². The number of benzene rings is 1. The Bertz CT molecular complexity index is 577. The van der Waals surface area contributed by atoms with Crippen molar-refractivity contribution < 1.29 is 23.8 Å². The van der Waals surface area contributed by atoms with Gasteiger partial charge in [0.2, 0.25) is 0 Å². The average Bonchev–Trinajstić information content (AvgIpc) is 2.64. The molecule has 7 nitrogen and oxygen atoms in total. The number of hydrogen-bond donors (Lipinski definition) is 2. The molecule has 0 fully saturated rings. The minimum atomic E-state index is -0.656. The smallest absolute Gasteiger partial charge is 0.328 e. The Balaban J connectivity index is 2.54. The van der Waals surface area contributed by atoms with Gasteiger partial charge in [-0.15, -0.1) is 0 Å². The van der Waals surface area contributed by atoms with Gasteiger partial charge in [-0.2, -0.15) is 0 Å². The Labute approximate surface area is 149 Å². The topological polar surface area (TPSA) is 85.9 Å². The SMILES string of the molecule is CCC(C)[C@@H](NC(=O)NCCc1ccc(OC)c(OC)c1)C(=O)OC. The van der Waals surface area contributed by atoms with E-state index in [-0.39, 0.29) is 5.92 Å². The van der Waals surface area contributed by atoms with Crippen molar-refractivity contribution in [3.05, 3.63) is 23.8 Å². The van der Waals surface area contributed by atoms with Gasteiger partial charge in [0, 0.05) is 6.54 Å². The lowest BCUT2D eigenvalue weighted by molar-refractivity contribution is -0.144. The first-order valence-corrected chi connectivity index (χ1v) is 8.29.